The molecular weight excluding hydrogens is 724 g/mol. The Morgan fingerprint density at radius 1 is 0.946 bits per heavy atom. The third-order valence-electron chi connectivity index (χ3n) is 9.41. The van der Waals surface area contributed by atoms with Crippen molar-refractivity contribution in [3.63, 3.8) is 0 Å². The van der Waals surface area contributed by atoms with Gasteiger partial charge in [-0.1, -0.05) is 62.4 Å². The van der Waals surface area contributed by atoms with Gasteiger partial charge in [-0.2, -0.15) is 5.11 Å². The second-order valence-corrected chi connectivity index (χ2v) is 14.1. The minimum absolute atomic E-state index is 0.0313. The van der Waals surface area contributed by atoms with Crippen LogP contribution < -0.4 is 27.4 Å². The number of amides is 5. The molecule has 0 unspecified atom stereocenters. The van der Waals surface area contributed by atoms with Crippen LogP contribution in [0, 0.1) is 5.92 Å². The second-order valence-electron chi connectivity index (χ2n) is 14.1. The number of aliphatic imine (C=N–C) groups is 1. The maximum Gasteiger partial charge on any atom is 0.412 e. The van der Waals surface area contributed by atoms with Crippen LogP contribution in [0.15, 0.2) is 75.9 Å². The summed E-state index contributed by atoms with van der Waals surface area (Å²) >= 11 is 0. The molecule has 2 fully saturated rings. The first-order valence-corrected chi connectivity index (χ1v) is 18.7. The third-order valence-corrected chi connectivity index (χ3v) is 9.41. The highest BCUT2D eigenvalue weighted by Crippen LogP contribution is 2.34. The minimum Gasteiger partial charge on any atom is -0.480 e. The van der Waals surface area contributed by atoms with Gasteiger partial charge in [0.1, 0.15) is 24.7 Å². The van der Waals surface area contributed by atoms with E-state index in [9.17, 15) is 33.9 Å². The zero-order valence-corrected chi connectivity index (χ0v) is 31.8. The van der Waals surface area contributed by atoms with Gasteiger partial charge in [-0.05, 0) is 62.1 Å². The van der Waals surface area contributed by atoms with E-state index in [1.165, 1.54) is 9.80 Å². The molecule has 8 N–H and O–H groups in total. The molecule has 2 aliphatic rings. The van der Waals surface area contributed by atoms with E-state index >= 15 is 0 Å². The minimum atomic E-state index is -1.83. The summed E-state index contributed by atoms with van der Waals surface area (Å²) in [5, 5.41) is 26.3. The van der Waals surface area contributed by atoms with Crippen LogP contribution >= 0.6 is 0 Å². The van der Waals surface area contributed by atoms with Gasteiger partial charge < -0.3 is 42.2 Å². The molecule has 2 aromatic rings. The predicted octanol–water partition coefficient (Wildman–Crippen LogP) is 2.16. The number of rotatable bonds is 18. The average Bonchev–Trinajstić information content (AvgIpc) is 3.85. The van der Waals surface area contributed by atoms with Gasteiger partial charge in [-0.25, -0.2) is 9.59 Å². The van der Waals surface area contributed by atoms with Crippen molar-refractivity contribution in [3.05, 3.63) is 66.2 Å². The van der Waals surface area contributed by atoms with E-state index in [0.29, 0.717) is 31.4 Å². The molecule has 4 rings (SSSR count). The van der Waals surface area contributed by atoms with E-state index in [4.69, 9.17) is 16.2 Å². The van der Waals surface area contributed by atoms with Gasteiger partial charge in [0, 0.05) is 26.1 Å². The van der Waals surface area contributed by atoms with Crippen molar-refractivity contribution in [2.24, 2.45) is 32.6 Å². The molecule has 0 radical (unpaired) electrons. The Morgan fingerprint density at radius 2 is 1.64 bits per heavy atom. The smallest absolute Gasteiger partial charge is 0.412 e. The van der Waals surface area contributed by atoms with Crippen molar-refractivity contribution in [2.75, 3.05) is 26.2 Å². The monoisotopic (exact) mass is 776 g/mol. The fourth-order valence-electron chi connectivity index (χ4n) is 6.59. The number of aliphatic carboxylic acids is 1. The van der Waals surface area contributed by atoms with Crippen molar-refractivity contribution in [1.29, 1.82) is 0 Å². The zero-order chi connectivity index (χ0) is 40.7. The molecule has 0 aromatic heterocycles. The van der Waals surface area contributed by atoms with Crippen molar-refractivity contribution >= 4 is 47.3 Å². The Kier molecular flexibility index (Phi) is 15.7. The lowest BCUT2D eigenvalue weighted by Gasteiger charge is -2.33. The molecule has 2 aromatic carbocycles. The van der Waals surface area contributed by atoms with E-state index in [-0.39, 0.29) is 57.4 Å². The number of carboxylic acid groups (broad SMARTS) is 1. The number of azo groups is 1. The summed E-state index contributed by atoms with van der Waals surface area (Å²) in [6.45, 7) is 3.79. The Balaban J connectivity index is 1.45. The summed E-state index contributed by atoms with van der Waals surface area (Å²) in [7, 11) is 0. The fraction of sp³-hybridized carbons (Fsp3) is 0.500. The summed E-state index contributed by atoms with van der Waals surface area (Å²) in [4.78, 5) is 86.3. The molecule has 4 atom stereocenters. The van der Waals surface area contributed by atoms with Gasteiger partial charge in [0.05, 0.1) is 12.2 Å². The number of carbonyl (C=O) groups excluding carboxylic acids is 5. The topological polar surface area (TPSA) is 264 Å². The lowest BCUT2D eigenvalue weighted by Crippen LogP contribution is -2.60. The van der Waals surface area contributed by atoms with E-state index in [1.807, 2.05) is 32.0 Å². The molecule has 0 bridgehead atoms. The molecule has 0 aliphatic carbocycles. The number of nitrogens with two attached hydrogens (primary N) is 2. The van der Waals surface area contributed by atoms with Gasteiger partial charge in [0.25, 0.3) is 5.91 Å². The predicted molar refractivity (Wildman–Crippen MR) is 205 cm³/mol. The number of likely N-dealkylation sites (tertiary alicyclic amines) is 2. The number of benzene rings is 2. The number of nitrogens with zero attached hydrogens (tertiary/aromatic N) is 5. The van der Waals surface area contributed by atoms with Gasteiger partial charge in [0.2, 0.25) is 23.4 Å². The number of hydrogen-bond donors (Lipinski definition) is 6. The number of hydrogen-bond acceptors (Lipinski definition) is 10. The first-order valence-electron chi connectivity index (χ1n) is 18.7. The largest absolute Gasteiger partial charge is 0.480 e. The van der Waals surface area contributed by atoms with Gasteiger partial charge >= 0.3 is 12.1 Å². The zero-order valence-electron chi connectivity index (χ0n) is 31.8. The molecule has 5 amide bonds. The van der Waals surface area contributed by atoms with Crippen LogP contribution in [0.2, 0.25) is 0 Å². The third kappa shape index (κ3) is 12.0. The average molecular weight is 777 g/mol. The van der Waals surface area contributed by atoms with E-state index < -0.39 is 66.0 Å². The molecule has 18 nitrogen and oxygen atoms in total. The Morgan fingerprint density at radius 3 is 2.30 bits per heavy atom. The van der Waals surface area contributed by atoms with Crippen LogP contribution in [0.5, 0.6) is 0 Å². The molecule has 2 saturated heterocycles. The van der Waals surface area contributed by atoms with Crippen LogP contribution in [0.4, 0.5) is 10.5 Å². The van der Waals surface area contributed by atoms with Crippen LogP contribution in [0.1, 0.15) is 64.4 Å². The number of ether oxygens (including phenoxy) is 1. The van der Waals surface area contributed by atoms with Crippen LogP contribution in [0.25, 0.3) is 0 Å². The van der Waals surface area contributed by atoms with E-state index in [2.05, 4.69) is 31.2 Å². The molecule has 0 saturated carbocycles. The van der Waals surface area contributed by atoms with Crippen molar-refractivity contribution < 1.29 is 38.6 Å². The molecule has 2 aliphatic heterocycles. The Hall–Kier alpha value is -6.07. The standard InChI is InChI=1S/C38H52N10O8/c1-25(2)22-29(32(50)42-23-31(49)47-20-10-17-30(47)33(51)43-28(34(52)53)16-9-19-41-36(39)40)44-35(54)38(46-45-27-14-7-4-8-15-27)18-11-21-48(38)37(55)56-24-26-12-5-3-6-13-26/h3-8,12-15,25,28-30H,9-11,16-24H2,1-2H3,(H,42,50)(H,43,51)(H,44,54)(H,52,53)(H4,39,40,41)/t28-,29+,30+,38+/m1/s1. The second kappa shape index (κ2) is 20.6. The lowest BCUT2D eigenvalue weighted by molar-refractivity contribution is -0.144. The summed E-state index contributed by atoms with van der Waals surface area (Å²) in [5.74, 6) is -4.01. The highest BCUT2D eigenvalue weighted by atomic mass is 16.6. The molecule has 0 spiro atoms. The van der Waals surface area contributed by atoms with Crippen molar-refractivity contribution in [3.8, 4) is 0 Å². The van der Waals surface area contributed by atoms with Crippen molar-refractivity contribution in [2.45, 2.75) is 89.2 Å². The number of guanidine groups is 1. The summed E-state index contributed by atoms with van der Waals surface area (Å²) in [5.41, 5.74) is 10.0. The van der Waals surface area contributed by atoms with Gasteiger partial charge in [-0.15, -0.1) is 5.11 Å². The Labute approximate surface area is 325 Å². The van der Waals surface area contributed by atoms with Crippen LogP contribution in [-0.4, -0.2) is 107 Å². The first-order chi connectivity index (χ1) is 26.8. The van der Waals surface area contributed by atoms with Crippen molar-refractivity contribution in [1.82, 2.24) is 25.8 Å². The first kappa shape index (κ1) is 42.7. The van der Waals surface area contributed by atoms with Crippen LogP contribution in [0.3, 0.4) is 0 Å². The molecule has 302 valence electrons. The summed E-state index contributed by atoms with van der Waals surface area (Å²) in [6.07, 6.45) is 1.11. The SMILES string of the molecule is CC(C)C[C@H](NC(=O)[C@]1(N=Nc2ccccc2)CCCN1C(=O)OCc1ccccc1)C(=O)NCC(=O)N1CCC[C@H]1C(=O)N[C@H](CCCN=C(N)N)C(=O)O. The highest BCUT2D eigenvalue weighted by molar-refractivity contribution is 5.96. The quantitative estimate of drug-likeness (QED) is 0.0556. The Bertz CT molecular complexity index is 1740. The lowest BCUT2D eigenvalue weighted by atomic mass is 10.0. The normalized spacial score (nSPS) is 18.9. The molecule has 56 heavy (non-hydrogen) atoms. The van der Waals surface area contributed by atoms with Crippen LogP contribution in [-0.2, 0) is 35.3 Å². The maximum atomic E-state index is 14.3. The van der Waals surface area contributed by atoms with Gasteiger partial charge in [-0.3, -0.25) is 29.1 Å². The van der Waals surface area contributed by atoms with E-state index in [0.717, 1.165) is 5.56 Å². The molecule has 18 heteroatoms. The summed E-state index contributed by atoms with van der Waals surface area (Å²) < 4.78 is 5.60. The highest BCUT2D eigenvalue weighted by Gasteiger charge is 2.52. The van der Waals surface area contributed by atoms with Gasteiger partial charge in [0.15, 0.2) is 5.96 Å². The maximum absolute atomic E-state index is 14.3. The van der Waals surface area contributed by atoms with E-state index in [1.54, 1.807) is 42.5 Å². The summed E-state index contributed by atoms with van der Waals surface area (Å²) in [6, 6.07) is 14.5. The number of nitrogens with one attached hydrogen (secondary N) is 3. The fourth-order valence-corrected chi connectivity index (χ4v) is 6.59. The number of carbonyl (C=O) groups is 6. The number of carboxylic acids is 1. The molecular formula is C38H52N10O8. The molecule has 2 heterocycles.